The second-order valence-corrected chi connectivity index (χ2v) is 10.5. The third kappa shape index (κ3) is 5.61. The molecule has 32 heavy (non-hydrogen) atoms. The van der Waals surface area contributed by atoms with Gasteiger partial charge in [0.25, 0.3) is 5.91 Å². The molecule has 9 heteroatoms. The maximum absolute atomic E-state index is 13.1. The van der Waals surface area contributed by atoms with Crippen molar-refractivity contribution < 1.29 is 17.9 Å². The molecule has 1 aliphatic heterocycles. The van der Waals surface area contributed by atoms with Crippen LogP contribution in [0.4, 0.5) is 0 Å². The molecule has 172 valence electrons. The standard InChI is InChI=1S/C23H28ClN3O4S/c1-31-21-9-6-19(23(28)27-12-10-26(11-13-27)16-18-2-3-18)14-22(21)32(29,30)25-15-17-4-7-20(24)8-5-17/h4-9,14,18,25H,2-3,10-13,15-16H2,1H3. The highest BCUT2D eigenvalue weighted by Gasteiger charge is 2.29. The number of nitrogens with one attached hydrogen (secondary N) is 1. The van der Waals surface area contributed by atoms with Gasteiger partial charge in [-0.25, -0.2) is 13.1 Å². The van der Waals surface area contributed by atoms with E-state index in [4.69, 9.17) is 16.3 Å². The zero-order valence-electron chi connectivity index (χ0n) is 18.1. The van der Waals surface area contributed by atoms with E-state index in [1.54, 1.807) is 35.2 Å². The Morgan fingerprint density at radius 1 is 1.09 bits per heavy atom. The van der Waals surface area contributed by atoms with Crippen LogP contribution in [0.5, 0.6) is 5.75 Å². The van der Waals surface area contributed by atoms with E-state index < -0.39 is 10.0 Å². The first-order chi connectivity index (χ1) is 15.4. The molecule has 2 fully saturated rings. The first kappa shape index (κ1) is 23.0. The van der Waals surface area contributed by atoms with Crippen LogP contribution in [0, 0.1) is 5.92 Å². The Kier molecular flexibility index (Phi) is 7.05. The molecule has 0 atom stereocenters. The summed E-state index contributed by atoms with van der Waals surface area (Å²) in [5.74, 6) is 0.860. The molecule has 2 aromatic rings. The number of sulfonamides is 1. The van der Waals surface area contributed by atoms with Gasteiger partial charge in [0.05, 0.1) is 7.11 Å². The van der Waals surface area contributed by atoms with Crippen molar-refractivity contribution in [3.63, 3.8) is 0 Å². The summed E-state index contributed by atoms with van der Waals surface area (Å²) in [6.07, 6.45) is 2.63. The third-order valence-electron chi connectivity index (χ3n) is 5.95. The van der Waals surface area contributed by atoms with Gasteiger partial charge in [0.2, 0.25) is 10.0 Å². The Balaban J connectivity index is 1.46. The molecule has 0 bridgehead atoms. The Morgan fingerprint density at radius 2 is 1.78 bits per heavy atom. The lowest BCUT2D eigenvalue weighted by Gasteiger charge is -2.34. The van der Waals surface area contributed by atoms with Crippen molar-refractivity contribution in [2.75, 3.05) is 39.8 Å². The number of amides is 1. The van der Waals surface area contributed by atoms with E-state index in [1.807, 2.05) is 0 Å². The fraction of sp³-hybridized carbons (Fsp3) is 0.435. The van der Waals surface area contributed by atoms with E-state index in [0.29, 0.717) is 23.7 Å². The summed E-state index contributed by atoms with van der Waals surface area (Å²) >= 11 is 5.89. The molecule has 1 aliphatic carbocycles. The van der Waals surface area contributed by atoms with Crippen LogP contribution in [0.15, 0.2) is 47.4 Å². The number of benzene rings is 2. The molecule has 2 aliphatic rings. The second-order valence-electron chi connectivity index (χ2n) is 8.35. The zero-order valence-corrected chi connectivity index (χ0v) is 19.7. The van der Waals surface area contributed by atoms with E-state index >= 15 is 0 Å². The van der Waals surface area contributed by atoms with Gasteiger partial charge in [0.1, 0.15) is 10.6 Å². The summed E-state index contributed by atoms with van der Waals surface area (Å²) < 4.78 is 33.9. The average molecular weight is 478 g/mol. The largest absolute Gasteiger partial charge is 0.495 e. The van der Waals surface area contributed by atoms with Gasteiger partial charge < -0.3 is 9.64 Å². The Bertz CT molecular complexity index is 1060. The van der Waals surface area contributed by atoms with Gasteiger partial charge in [-0.1, -0.05) is 23.7 Å². The molecule has 0 radical (unpaired) electrons. The molecule has 1 saturated carbocycles. The lowest BCUT2D eigenvalue weighted by molar-refractivity contribution is 0.0631. The van der Waals surface area contributed by atoms with Gasteiger partial charge in [-0.3, -0.25) is 9.69 Å². The minimum absolute atomic E-state index is 0.0489. The number of piperazine rings is 1. The third-order valence-corrected chi connectivity index (χ3v) is 7.63. The predicted molar refractivity (Wildman–Crippen MR) is 124 cm³/mol. The number of carbonyl (C=O) groups excluding carboxylic acids is 1. The monoisotopic (exact) mass is 477 g/mol. The molecule has 0 spiro atoms. The summed E-state index contributed by atoms with van der Waals surface area (Å²) in [6.45, 7) is 4.22. The van der Waals surface area contributed by atoms with Crippen LogP contribution in [0.25, 0.3) is 0 Å². The highest BCUT2D eigenvalue weighted by molar-refractivity contribution is 7.89. The summed E-state index contributed by atoms with van der Waals surface area (Å²) in [4.78, 5) is 17.2. The van der Waals surface area contributed by atoms with Crippen LogP contribution in [0.2, 0.25) is 5.02 Å². The number of ether oxygens (including phenoxy) is 1. The number of rotatable bonds is 8. The molecule has 1 N–H and O–H groups in total. The Morgan fingerprint density at radius 3 is 2.41 bits per heavy atom. The van der Waals surface area contributed by atoms with Gasteiger partial charge in [0, 0.05) is 49.9 Å². The topological polar surface area (TPSA) is 79.0 Å². The molecule has 2 aromatic carbocycles. The predicted octanol–water partition coefficient (Wildman–Crippen LogP) is 2.99. The van der Waals surface area contributed by atoms with Crippen LogP contribution in [-0.2, 0) is 16.6 Å². The van der Waals surface area contributed by atoms with Gasteiger partial charge in [0.15, 0.2) is 0 Å². The molecule has 7 nitrogen and oxygen atoms in total. The van der Waals surface area contributed by atoms with Crippen molar-refractivity contribution in [2.45, 2.75) is 24.3 Å². The molecule has 1 heterocycles. The molecule has 1 amide bonds. The molecule has 4 rings (SSSR count). The minimum Gasteiger partial charge on any atom is -0.495 e. The van der Waals surface area contributed by atoms with Crippen molar-refractivity contribution in [3.8, 4) is 5.75 Å². The summed E-state index contributed by atoms with van der Waals surface area (Å²) in [5.41, 5.74) is 1.11. The van der Waals surface area contributed by atoms with E-state index in [-0.39, 0.29) is 23.1 Å². The number of methoxy groups -OCH3 is 1. The van der Waals surface area contributed by atoms with Gasteiger partial charge >= 0.3 is 0 Å². The van der Waals surface area contributed by atoms with Crippen molar-refractivity contribution in [1.29, 1.82) is 0 Å². The summed E-state index contributed by atoms with van der Waals surface area (Å²) in [6, 6.07) is 11.5. The van der Waals surface area contributed by atoms with Crippen molar-refractivity contribution in [1.82, 2.24) is 14.5 Å². The number of nitrogens with zero attached hydrogens (tertiary/aromatic N) is 2. The average Bonchev–Trinajstić information content (AvgIpc) is 3.62. The molecular weight excluding hydrogens is 450 g/mol. The van der Waals surface area contributed by atoms with Crippen LogP contribution in [0.3, 0.4) is 0 Å². The lowest BCUT2D eigenvalue weighted by Crippen LogP contribution is -2.49. The fourth-order valence-corrected chi connectivity index (χ4v) is 5.20. The summed E-state index contributed by atoms with van der Waals surface area (Å²) in [5, 5.41) is 0.581. The molecule has 0 unspecified atom stereocenters. The Hall–Kier alpha value is -2.13. The maximum atomic E-state index is 13.1. The normalized spacial score (nSPS) is 17.4. The maximum Gasteiger partial charge on any atom is 0.253 e. The number of halogens is 1. The lowest BCUT2D eigenvalue weighted by atomic mass is 10.1. The zero-order chi connectivity index (χ0) is 22.7. The smallest absolute Gasteiger partial charge is 0.253 e. The van der Waals surface area contributed by atoms with Crippen LogP contribution in [0.1, 0.15) is 28.8 Å². The minimum atomic E-state index is -3.90. The highest BCUT2D eigenvalue weighted by atomic mass is 35.5. The van der Waals surface area contributed by atoms with Crippen molar-refractivity contribution in [2.24, 2.45) is 5.92 Å². The first-order valence-electron chi connectivity index (χ1n) is 10.8. The van der Waals surface area contributed by atoms with Gasteiger partial charge in [-0.2, -0.15) is 0 Å². The van der Waals surface area contributed by atoms with E-state index in [9.17, 15) is 13.2 Å². The SMILES string of the molecule is COc1ccc(C(=O)N2CCN(CC3CC3)CC2)cc1S(=O)(=O)NCc1ccc(Cl)cc1. The molecular formula is C23H28ClN3O4S. The van der Waals surface area contributed by atoms with Crippen LogP contribution in [-0.4, -0.2) is 64.0 Å². The van der Waals surface area contributed by atoms with E-state index in [2.05, 4.69) is 9.62 Å². The number of carbonyl (C=O) groups is 1. The second kappa shape index (κ2) is 9.79. The van der Waals surface area contributed by atoms with E-state index in [1.165, 1.54) is 32.1 Å². The van der Waals surface area contributed by atoms with Gasteiger partial charge in [-0.15, -0.1) is 0 Å². The van der Waals surface area contributed by atoms with Crippen molar-refractivity contribution >= 4 is 27.5 Å². The quantitative estimate of drug-likeness (QED) is 0.632. The Labute approximate surface area is 194 Å². The highest BCUT2D eigenvalue weighted by Crippen LogP contribution is 2.30. The first-order valence-corrected chi connectivity index (χ1v) is 12.7. The molecule has 1 saturated heterocycles. The fourth-order valence-electron chi connectivity index (χ4n) is 3.86. The number of hydrogen-bond donors (Lipinski definition) is 1. The van der Waals surface area contributed by atoms with E-state index in [0.717, 1.165) is 31.1 Å². The molecule has 0 aromatic heterocycles. The van der Waals surface area contributed by atoms with Crippen molar-refractivity contribution in [3.05, 3.63) is 58.6 Å². The van der Waals surface area contributed by atoms with Crippen LogP contribution < -0.4 is 9.46 Å². The van der Waals surface area contributed by atoms with Gasteiger partial charge in [-0.05, 0) is 54.7 Å². The number of hydrogen-bond acceptors (Lipinski definition) is 5. The van der Waals surface area contributed by atoms with Crippen LogP contribution >= 0.6 is 11.6 Å². The summed E-state index contributed by atoms with van der Waals surface area (Å²) in [7, 11) is -2.49.